The fourth-order valence-electron chi connectivity index (χ4n) is 2.51. The molecule has 1 unspecified atom stereocenters. The van der Waals surface area contributed by atoms with Crippen LogP contribution in [0.3, 0.4) is 0 Å². The Bertz CT molecular complexity index is 451. The molecule has 21 heavy (non-hydrogen) atoms. The van der Waals surface area contributed by atoms with Gasteiger partial charge in [0.2, 0.25) is 0 Å². The number of rotatable bonds is 6. The van der Waals surface area contributed by atoms with E-state index in [0.29, 0.717) is 11.5 Å². The molecule has 0 saturated carbocycles. The molecule has 0 aromatic carbocycles. The predicted molar refractivity (Wildman–Crippen MR) is 86.5 cm³/mol. The van der Waals surface area contributed by atoms with Crippen molar-refractivity contribution in [2.45, 2.75) is 12.5 Å². The summed E-state index contributed by atoms with van der Waals surface area (Å²) < 4.78 is 11.3. The van der Waals surface area contributed by atoms with Gasteiger partial charge in [-0.25, -0.2) is 0 Å². The zero-order valence-corrected chi connectivity index (χ0v) is 13.5. The predicted octanol–water partition coefficient (Wildman–Crippen LogP) is 1.19. The van der Waals surface area contributed by atoms with Gasteiger partial charge in [-0.15, -0.1) is 0 Å². The molecular weight excluding hydrogens is 286 g/mol. The number of pyridine rings is 1. The van der Waals surface area contributed by atoms with Gasteiger partial charge in [0.15, 0.2) is 5.60 Å². The van der Waals surface area contributed by atoms with Gasteiger partial charge in [-0.05, 0) is 19.1 Å². The third-order valence-electron chi connectivity index (χ3n) is 3.68. The first-order chi connectivity index (χ1) is 10.2. The number of nitrogens with zero attached hydrogens (tertiary/aromatic N) is 2. The number of hydrogen-bond acceptors (Lipinski definition) is 5. The molecule has 6 heteroatoms. The van der Waals surface area contributed by atoms with E-state index in [1.165, 1.54) is 0 Å². The average Bonchev–Trinajstić information content (AvgIpc) is 2.54. The number of aromatic nitrogens is 1. The topological polar surface area (TPSA) is 46.6 Å². The Hall–Kier alpha value is -1.08. The number of ether oxygens (including phenoxy) is 2. The molecule has 0 radical (unpaired) electrons. The highest BCUT2D eigenvalue weighted by atomic mass is 32.1. The molecule has 1 aliphatic heterocycles. The van der Waals surface area contributed by atoms with Crippen LogP contribution in [0.15, 0.2) is 24.4 Å². The first kappa shape index (κ1) is 16.3. The smallest absolute Gasteiger partial charge is 0.172 e. The summed E-state index contributed by atoms with van der Waals surface area (Å²) in [6, 6.07) is 5.83. The van der Waals surface area contributed by atoms with Crippen LogP contribution in [0.1, 0.15) is 12.6 Å². The molecule has 5 nitrogen and oxygen atoms in total. The molecule has 2 heterocycles. The van der Waals surface area contributed by atoms with E-state index in [1.807, 2.05) is 25.1 Å². The Labute approximate surface area is 131 Å². The van der Waals surface area contributed by atoms with Crippen molar-refractivity contribution in [2.75, 3.05) is 46.5 Å². The van der Waals surface area contributed by atoms with Crippen LogP contribution in [0.25, 0.3) is 0 Å². The Morgan fingerprint density at radius 2 is 2.24 bits per heavy atom. The maximum absolute atomic E-state index is 5.89. The summed E-state index contributed by atoms with van der Waals surface area (Å²) in [7, 11) is 1.69. The largest absolute Gasteiger partial charge is 0.379 e. The van der Waals surface area contributed by atoms with Crippen molar-refractivity contribution in [2.24, 2.45) is 0 Å². The van der Waals surface area contributed by atoms with Gasteiger partial charge in [0.05, 0.1) is 18.9 Å². The van der Waals surface area contributed by atoms with E-state index in [0.717, 1.165) is 38.5 Å². The summed E-state index contributed by atoms with van der Waals surface area (Å²) in [6.07, 6.45) is 1.77. The van der Waals surface area contributed by atoms with Crippen LogP contribution in [0.4, 0.5) is 0 Å². The Balaban J connectivity index is 2.29. The van der Waals surface area contributed by atoms with Gasteiger partial charge < -0.3 is 14.8 Å². The fraction of sp³-hybridized carbons (Fsp3) is 0.600. The molecule has 1 aliphatic rings. The lowest BCUT2D eigenvalue weighted by atomic mass is 9.96. The molecule has 1 atom stereocenters. The number of nitrogens with one attached hydrogen (secondary N) is 1. The van der Waals surface area contributed by atoms with Crippen LogP contribution in [0, 0.1) is 0 Å². The number of morpholine rings is 1. The second-order valence-corrected chi connectivity index (χ2v) is 5.40. The third-order valence-corrected chi connectivity index (χ3v) is 4.16. The summed E-state index contributed by atoms with van der Waals surface area (Å²) >= 11 is 5.60. The van der Waals surface area contributed by atoms with Gasteiger partial charge in [0.1, 0.15) is 4.99 Å². The van der Waals surface area contributed by atoms with E-state index in [9.17, 15) is 0 Å². The molecule has 0 amide bonds. The average molecular weight is 309 g/mol. The highest BCUT2D eigenvalue weighted by Crippen LogP contribution is 2.26. The van der Waals surface area contributed by atoms with E-state index in [2.05, 4.69) is 15.2 Å². The van der Waals surface area contributed by atoms with E-state index in [-0.39, 0.29) is 0 Å². The lowest BCUT2D eigenvalue weighted by molar-refractivity contribution is -0.0254. The van der Waals surface area contributed by atoms with E-state index in [4.69, 9.17) is 21.7 Å². The summed E-state index contributed by atoms with van der Waals surface area (Å²) in [5, 5.41) is 3.23. The SMILES string of the molecule is CCNC(=S)C(CN1CCOCC1)(OC)c1ccccn1. The van der Waals surface area contributed by atoms with Crippen LogP contribution >= 0.6 is 12.2 Å². The molecule has 116 valence electrons. The van der Waals surface area contributed by atoms with Gasteiger partial charge in [0, 0.05) is 39.5 Å². The quantitative estimate of drug-likeness (QED) is 0.797. The second kappa shape index (κ2) is 7.79. The maximum atomic E-state index is 5.89. The molecular formula is C15H23N3O2S. The standard InChI is InChI=1S/C15H23N3O2S/c1-3-16-14(21)15(19-2,13-6-4-5-7-17-13)12-18-8-10-20-11-9-18/h4-7H,3,8-12H2,1-2H3,(H,16,21). The fourth-order valence-corrected chi connectivity index (χ4v) is 2.91. The molecule has 0 spiro atoms. The van der Waals surface area contributed by atoms with Crippen molar-refractivity contribution in [3.05, 3.63) is 30.1 Å². The number of methoxy groups -OCH3 is 1. The minimum Gasteiger partial charge on any atom is -0.379 e. The van der Waals surface area contributed by atoms with Gasteiger partial charge in [-0.1, -0.05) is 18.3 Å². The van der Waals surface area contributed by atoms with Gasteiger partial charge in [-0.2, -0.15) is 0 Å². The zero-order valence-electron chi connectivity index (χ0n) is 12.7. The van der Waals surface area contributed by atoms with Crippen molar-refractivity contribution in [1.82, 2.24) is 15.2 Å². The van der Waals surface area contributed by atoms with Crippen LogP contribution in [0.2, 0.25) is 0 Å². The molecule has 1 aromatic heterocycles. The van der Waals surface area contributed by atoms with E-state index in [1.54, 1.807) is 13.3 Å². The summed E-state index contributed by atoms with van der Waals surface area (Å²) in [6.45, 7) is 6.72. The minimum atomic E-state index is -0.718. The number of hydrogen-bond donors (Lipinski definition) is 1. The Morgan fingerprint density at radius 1 is 1.48 bits per heavy atom. The zero-order chi connectivity index (χ0) is 15.1. The molecule has 1 N–H and O–H groups in total. The van der Waals surface area contributed by atoms with Crippen molar-refractivity contribution in [3.63, 3.8) is 0 Å². The first-order valence-electron chi connectivity index (χ1n) is 7.28. The lowest BCUT2D eigenvalue weighted by Gasteiger charge is -2.38. The van der Waals surface area contributed by atoms with Crippen LogP contribution in [-0.2, 0) is 15.1 Å². The second-order valence-electron chi connectivity index (χ2n) is 4.99. The Morgan fingerprint density at radius 3 is 2.81 bits per heavy atom. The minimum absolute atomic E-state index is 0.676. The number of likely N-dealkylation sites (N-methyl/N-ethyl adjacent to an activating group) is 1. The monoisotopic (exact) mass is 309 g/mol. The van der Waals surface area contributed by atoms with Gasteiger partial charge in [0.25, 0.3) is 0 Å². The molecule has 2 rings (SSSR count). The van der Waals surface area contributed by atoms with E-state index < -0.39 is 5.60 Å². The van der Waals surface area contributed by atoms with Gasteiger partial charge in [-0.3, -0.25) is 9.88 Å². The van der Waals surface area contributed by atoms with Gasteiger partial charge >= 0.3 is 0 Å². The van der Waals surface area contributed by atoms with Crippen molar-refractivity contribution < 1.29 is 9.47 Å². The van der Waals surface area contributed by atoms with Crippen LogP contribution < -0.4 is 5.32 Å². The molecule has 1 fully saturated rings. The number of thiocarbonyl (C=S) groups is 1. The third kappa shape index (κ3) is 3.77. The van der Waals surface area contributed by atoms with Crippen molar-refractivity contribution in [3.8, 4) is 0 Å². The maximum Gasteiger partial charge on any atom is 0.172 e. The molecule has 0 bridgehead atoms. The van der Waals surface area contributed by atoms with Crippen LogP contribution in [0.5, 0.6) is 0 Å². The Kier molecular flexibility index (Phi) is 6.05. The molecule has 1 aromatic rings. The van der Waals surface area contributed by atoms with Crippen LogP contribution in [-0.4, -0.2) is 61.4 Å². The highest BCUT2D eigenvalue weighted by molar-refractivity contribution is 7.80. The highest BCUT2D eigenvalue weighted by Gasteiger charge is 2.40. The summed E-state index contributed by atoms with van der Waals surface area (Å²) in [5.41, 5.74) is 0.120. The molecule has 0 aliphatic carbocycles. The first-order valence-corrected chi connectivity index (χ1v) is 7.69. The lowest BCUT2D eigenvalue weighted by Crippen LogP contribution is -2.54. The van der Waals surface area contributed by atoms with E-state index >= 15 is 0 Å². The molecule has 1 saturated heterocycles. The van der Waals surface area contributed by atoms with Crippen molar-refractivity contribution >= 4 is 17.2 Å². The normalized spacial score (nSPS) is 19.0. The van der Waals surface area contributed by atoms with Crippen molar-refractivity contribution in [1.29, 1.82) is 0 Å². The summed E-state index contributed by atoms with van der Waals surface area (Å²) in [4.78, 5) is 7.47. The summed E-state index contributed by atoms with van der Waals surface area (Å²) in [5.74, 6) is 0.